The van der Waals surface area contributed by atoms with Crippen molar-refractivity contribution in [1.29, 1.82) is 0 Å². The Kier molecular flexibility index (Phi) is 7.17. The molecule has 37 heavy (non-hydrogen) atoms. The van der Waals surface area contributed by atoms with Gasteiger partial charge in [0.15, 0.2) is 0 Å². The first-order chi connectivity index (χ1) is 17.5. The number of nitrogens with two attached hydrogens (primary N) is 2. The third-order valence-corrected chi connectivity index (χ3v) is 5.92. The molecule has 1 aliphatic carbocycles. The summed E-state index contributed by atoms with van der Waals surface area (Å²) in [6, 6.07) is 9.33. The first-order valence-electron chi connectivity index (χ1n) is 11.2. The lowest BCUT2D eigenvalue weighted by Crippen LogP contribution is -2.29. The highest BCUT2D eigenvalue weighted by Gasteiger charge is 2.40. The van der Waals surface area contributed by atoms with Crippen molar-refractivity contribution in [3.8, 4) is 11.5 Å². The molecule has 5 N–H and O–H groups in total. The van der Waals surface area contributed by atoms with Gasteiger partial charge in [0.2, 0.25) is 5.91 Å². The molecule has 1 saturated carbocycles. The van der Waals surface area contributed by atoms with Crippen LogP contribution in [0.2, 0.25) is 0 Å². The molecule has 0 spiro atoms. The molecule has 3 aromatic rings. The van der Waals surface area contributed by atoms with Gasteiger partial charge in [0.25, 0.3) is 5.91 Å². The number of carbonyl (C=O) groups is 2. The summed E-state index contributed by atoms with van der Waals surface area (Å²) in [5.74, 6) is -3.12. The zero-order chi connectivity index (χ0) is 26.9. The minimum Gasteiger partial charge on any atom is -0.457 e. The van der Waals surface area contributed by atoms with E-state index in [0.717, 1.165) is 18.2 Å². The van der Waals surface area contributed by atoms with Gasteiger partial charge in [-0.05, 0) is 72.4 Å². The first kappa shape index (κ1) is 26.1. The Bertz CT molecular complexity index is 1340. The van der Waals surface area contributed by atoms with Crippen molar-refractivity contribution in [2.75, 3.05) is 5.32 Å². The number of alkyl halides is 4. The lowest BCUT2D eigenvalue weighted by molar-refractivity contribution is -0.138. The second-order valence-electron chi connectivity index (χ2n) is 8.66. The van der Waals surface area contributed by atoms with Gasteiger partial charge < -0.3 is 21.5 Å². The molecule has 4 rings (SSSR count). The minimum atomic E-state index is -4.73. The number of hydrogen-bond acceptors (Lipinski definition) is 4. The number of hydrogen-bond donors (Lipinski definition) is 3. The maximum atomic E-state index is 14.1. The van der Waals surface area contributed by atoms with Crippen LogP contribution in [0, 0.1) is 5.82 Å². The summed E-state index contributed by atoms with van der Waals surface area (Å²) in [5, 5.41) is 2.40. The summed E-state index contributed by atoms with van der Waals surface area (Å²) in [7, 11) is 0. The van der Waals surface area contributed by atoms with Crippen molar-refractivity contribution >= 4 is 17.5 Å². The van der Waals surface area contributed by atoms with Gasteiger partial charge in [-0.25, -0.2) is 8.78 Å². The zero-order valence-corrected chi connectivity index (χ0v) is 19.2. The fraction of sp³-hybridized carbons (Fsp3) is 0.231. The Balaban J connectivity index is 1.74. The van der Waals surface area contributed by atoms with E-state index in [2.05, 4.69) is 5.32 Å². The number of benzene rings is 3. The van der Waals surface area contributed by atoms with E-state index >= 15 is 0 Å². The second kappa shape index (κ2) is 10.2. The quantitative estimate of drug-likeness (QED) is 0.331. The van der Waals surface area contributed by atoms with E-state index in [1.165, 1.54) is 30.3 Å². The smallest absolute Gasteiger partial charge is 0.416 e. The van der Waals surface area contributed by atoms with E-state index in [0.29, 0.717) is 24.5 Å². The number of anilines is 1. The fourth-order valence-electron chi connectivity index (χ4n) is 3.82. The van der Waals surface area contributed by atoms with E-state index in [1.54, 1.807) is 0 Å². The van der Waals surface area contributed by atoms with Crippen LogP contribution in [0.4, 0.5) is 27.6 Å². The number of carbonyl (C=O) groups excluding carboxylic acids is 2. The fourth-order valence-corrected chi connectivity index (χ4v) is 3.82. The highest BCUT2D eigenvalue weighted by Crippen LogP contribution is 2.48. The van der Waals surface area contributed by atoms with Crippen LogP contribution in [0.3, 0.4) is 0 Å². The molecule has 2 amide bonds. The van der Waals surface area contributed by atoms with Crippen LogP contribution in [0.5, 0.6) is 11.5 Å². The number of nitrogens with one attached hydrogen (secondary N) is 1. The van der Waals surface area contributed by atoms with Crippen LogP contribution in [-0.4, -0.2) is 11.8 Å². The zero-order valence-electron chi connectivity index (χ0n) is 19.2. The standard InChI is InChI=1S/C26H22F5N3O3/c27-12-13-1-6-16(7-2-13)37-22-11-17(14-3-4-14)20(26(29,30)31)10-19(22)25(36)34-15-5-8-21(28)18(9-15)23(32)24(33)35/h1-2,5-11,14,23H,3-4,12,32H2,(H2,33,35)(H,34,36). The maximum Gasteiger partial charge on any atom is 0.416 e. The van der Waals surface area contributed by atoms with E-state index in [9.17, 15) is 31.5 Å². The lowest BCUT2D eigenvalue weighted by Gasteiger charge is -2.19. The molecule has 3 aromatic carbocycles. The third kappa shape index (κ3) is 5.88. The first-order valence-corrected chi connectivity index (χ1v) is 11.2. The van der Waals surface area contributed by atoms with Gasteiger partial charge in [0.05, 0.1) is 11.1 Å². The van der Waals surface area contributed by atoms with E-state index in [1.807, 2.05) is 0 Å². The number of rotatable bonds is 8. The van der Waals surface area contributed by atoms with Gasteiger partial charge >= 0.3 is 6.18 Å². The monoisotopic (exact) mass is 519 g/mol. The number of amides is 2. The van der Waals surface area contributed by atoms with Gasteiger partial charge in [0.1, 0.15) is 30.0 Å². The average molecular weight is 519 g/mol. The summed E-state index contributed by atoms with van der Waals surface area (Å²) in [6.45, 7) is -0.709. The van der Waals surface area contributed by atoms with Gasteiger partial charge in [-0.15, -0.1) is 0 Å². The topological polar surface area (TPSA) is 107 Å². The normalized spacial score (nSPS) is 14.2. The van der Waals surface area contributed by atoms with Crippen LogP contribution >= 0.6 is 0 Å². The number of primary amides is 1. The molecule has 0 bridgehead atoms. The predicted molar refractivity (Wildman–Crippen MR) is 125 cm³/mol. The highest BCUT2D eigenvalue weighted by atomic mass is 19.4. The van der Waals surface area contributed by atoms with E-state index in [-0.39, 0.29) is 34.2 Å². The van der Waals surface area contributed by atoms with Crippen molar-refractivity contribution < 1.29 is 36.3 Å². The molecule has 1 atom stereocenters. The molecule has 0 saturated heterocycles. The van der Waals surface area contributed by atoms with Gasteiger partial charge in [0, 0.05) is 11.3 Å². The molecule has 1 unspecified atom stereocenters. The van der Waals surface area contributed by atoms with Crippen LogP contribution in [0.15, 0.2) is 54.6 Å². The molecule has 0 heterocycles. The molecule has 1 aliphatic rings. The third-order valence-electron chi connectivity index (χ3n) is 5.92. The number of ether oxygens (including phenoxy) is 1. The Morgan fingerprint density at radius 2 is 1.73 bits per heavy atom. The van der Waals surface area contributed by atoms with Crippen molar-refractivity contribution in [3.05, 3.63) is 88.2 Å². The predicted octanol–water partition coefficient (Wildman–Crippen LogP) is 5.72. The maximum absolute atomic E-state index is 14.1. The second-order valence-corrected chi connectivity index (χ2v) is 8.66. The number of halogens is 5. The molecular weight excluding hydrogens is 497 g/mol. The molecule has 0 radical (unpaired) electrons. The van der Waals surface area contributed by atoms with Gasteiger partial charge in [-0.1, -0.05) is 12.1 Å². The van der Waals surface area contributed by atoms with E-state index in [4.69, 9.17) is 16.2 Å². The Hall–Kier alpha value is -3.99. The largest absolute Gasteiger partial charge is 0.457 e. The summed E-state index contributed by atoms with van der Waals surface area (Å²) in [6.07, 6.45) is -3.60. The molecule has 0 aromatic heterocycles. The van der Waals surface area contributed by atoms with Crippen LogP contribution < -0.4 is 21.5 Å². The SMILES string of the molecule is NC(=O)C(N)c1cc(NC(=O)c2cc(C(F)(F)F)c(C3CC3)cc2Oc2ccc(CF)cc2)ccc1F. The molecule has 11 heteroatoms. The summed E-state index contributed by atoms with van der Waals surface area (Å²) >= 11 is 0. The summed E-state index contributed by atoms with van der Waals surface area (Å²) < 4.78 is 74.5. The molecule has 1 fully saturated rings. The lowest BCUT2D eigenvalue weighted by atomic mass is 9.98. The van der Waals surface area contributed by atoms with E-state index < -0.39 is 47.7 Å². The van der Waals surface area contributed by atoms with Crippen LogP contribution in [0.1, 0.15) is 57.4 Å². The van der Waals surface area contributed by atoms with Gasteiger partial charge in [-0.2, -0.15) is 13.2 Å². The highest BCUT2D eigenvalue weighted by molar-refractivity contribution is 6.06. The van der Waals surface area contributed by atoms with Crippen molar-refractivity contribution in [1.82, 2.24) is 0 Å². The average Bonchev–Trinajstić information content (AvgIpc) is 3.70. The molecule has 6 nitrogen and oxygen atoms in total. The van der Waals surface area contributed by atoms with Crippen LogP contribution in [0.25, 0.3) is 0 Å². The van der Waals surface area contributed by atoms with Crippen molar-refractivity contribution in [3.63, 3.8) is 0 Å². The van der Waals surface area contributed by atoms with Crippen molar-refractivity contribution in [2.45, 2.75) is 37.7 Å². The van der Waals surface area contributed by atoms with Crippen molar-refractivity contribution in [2.24, 2.45) is 11.5 Å². The Morgan fingerprint density at radius 3 is 2.30 bits per heavy atom. The van der Waals surface area contributed by atoms with Gasteiger partial charge in [-0.3, -0.25) is 9.59 Å². The summed E-state index contributed by atoms with van der Waals surface area (Å²) in [4.78, 5) is 24.6. The Labute approximate surface area is 208 Å². The molecular formula is C26H22F5N3O3. The molecule has 194 valence electrons. The summed E-state index contributed by atoms with van der Waals surface area (Å²) in [5.41, 5.74) is 9.39. The minimum absolute atomic E-state index is 0.0101. The van der Waals surface area contributed by atoms with Crippen LogP contribution in [-0.2, 0) is 17.6 Å². The molecule has 0 aliphatic heterocycles. The Morgan fingerprint density at radius 1 is 1.05 bits per heavy atom.